The zero-order chi connectivity index (χ0) is 30.0. The zero-order valence-electron chi connectivity index (χ0n) is 25.4. The molecule has 222 valence electrons. The maximum absolute atomic E-state index is 12.3. The highest BCUT2D eigenvalue weighted by molar-refractivity contribution is 6.36. The van der Waals surface area contributed by atoms with E-state index in [4.69, 9.17) is 16.7 Å². The number of likely N-dealkylation sites (tertiary alicyclic amines) is 2. The maximum atomic E-state index is 12.3. The van der Waals surface area contributed by atoms with Gasteiger partial charge in [0.1, 0.15) is 0 Å². The maximum Gasteiger partial charge on any atom is 0.245 e. The normalized spacial score (nSPS) is 22.6. The molecule has 1 unspecified atom stereocenters. The van der Waals surface area contributed by atoms with Crippen LogP contribution in [0.3, 0.4) is 0 Å². The minimum Gasteiger partial charge on any atom is -0.349 e. The van der Waals surface area contributed by atoms with Gasteiger partial charge in [-0.2, -0.15) is 15.5 Å². The summed E-state index contributed by atoms with van der Waals surface area (Å²) in [7, 11) is 0. The number of carbonyl (C=O) groups is 1. The first-order valence-corrected chi connectivity index (χ1v) is 15.4. The van der Waals surface area contributed by atoms with Crippen molar-refractivity contribution < 1.29 is 4.79 Å². The minimum absolute atomic E-state index is 0.0113. The van der Waals surface area contributed by atoms with E-state index in [1.807, 2.05) is 18.0 Å². The lowest BCUT2D eigenvalue weighted by Gasteiger charge is -2.54. The van der Waals surface area contributed by atoms with Gasteiger partial charge in [-0.3, -0.25) is 19.5 Å². The van der Waals surface area contributed by atoms with Gasteiger partial charge in [0.25, 0.3) is 0 Å². The summed E-state index contributed by atoms with van der Waals surface area (Å²) < 4.78 is 2.20. The smallest absolute Gasteiger partial charge is 0.245 e. The highest BCUT2D eigenvalue weighted by atomic mass is 35.5. The fourth-order valence-corrected chi connectivity index (χ4v) is 7.75. The number of amides is 1. The summed E-state index contributed by atoms with van der Waals surface area (Å²) in [6.07, 6.45) is 6.94. The summed E-state index contributed by atoms with van der Waals surface area (Å²) in [5, 5.41) is 24.2. The monoisotopic (exact) mass is 588 g/mol. The lowest BCUT2D eigenvalue weighted by molar-refractivity contribution is -0.127. The van der Waals surface area contributed by atoms with Gasteiger partial charge in [-0.1, -0.05) is 18.2 Å². The number of nitrogens with one attached hydrogen (secondary N) is 1. The van der Waals surface area contributed by atoms with Crippen molar-refractivity contribution in [3.05, 3.63) is 41.2 Å². The fourth-order valence-electron chi connectivity index (χ4n) is 7.50. The first-order chi connectivity index (χ1) is 20.0. The second-order valence-electron chi connectivity index (χ2n) is 13.4. The molecule has 2 aromatic heterocycles. The van der Waals surface area contributed by atoms with Gasteiger partial charge in [0.15, 0.2) is 5.82 Å². The summed E-state index contributed by atoms with van der Waals surface area (Å²) in [4.78, 5) is 19.1. The summed E-state index contributed by atoms with van der Waals surface area (Å²) >= 11 is 7.13. The second kappa shape index (κ2) is 10.4. The van der Waals surface area contributed by atoms with E-state index < -0.39 is 0 Å². The van der Waals surface area contributed by atoms with Gasteiger partial charge in [0, 0.05) is 66.5 Å². The molecule has 10 heteroatoms. The van der Waals surface area contributed by atoms with Crippen molar-refractivity contribution in [3.63, 3.8) is 0 Å². The van der Waals surface area contributed by atoms with Crippen LogP contribution in [0.5, 0.6) is 0 Å². The molecule has 0 radical (unpaired) electrons. The van der Waals surface area contributed by atoms with Crippen LogP contribution in [0.25, 0.3) is 22.0 Å². The molecule has 6 rings (SSSR count). The van der Waals surface area contributed by atoms with E-state index in [9.17, 15) is 10.1 Å². The van der Waals surface area contributed by atoms with E-state index in [2.05, 4.69) is 71.1 Å². The molecule has 1 amide bonds. The molecule has 1 atom stereocenters. The molecule has 3 fully saturated rings. The Bertz CT molecular complexity index is 1580. The number of rotatable bonds is 5. The minimum atomic E-state index is -0.228. The molecule has 0 bridgehead atoms. The lowest BCUT2D eigenvalue weighted by Crippen LogP contribution is -2.63. The largest absolute Gasteiger partial charge is 0.349 e. The van der Waals surface area contributed by atoms with E-state index in [-0.39, 0.29) is 22.9 Å². The molecule has 9 nitrogen and oxygen atoms in total. The Kier molecular flexibility index (Phi) is 7.14. The lowest BCUT2D eigenvalue weighted by atomic mass is 9.78. The van der Waals surface area contributed by atoms with Crippen molar-refractivity contribution in [2.45, 2.75) is 77.9 Å². The van der Waals surface area contributed by atoms with Crippen LogP contribution in [-0.4, -0.2) is 80.0 Å². The Morgan fingerprint density at radius 3 is 2.48 bits per heavy atom. The van der Waals surface area contributed by atoms with E-state index in [0.717, 1.165) is 89.4 Å². The number of carbonyl (C=O) groups excluding carboxylic acids is 1. The molecule has 3 saturated heterocycles. The number of aromatic nitrogens is 4. The molecule has 1 aromatic carbocycles. The number of halogens is 1. The molecule has 42 heavy (non-hydrogen) atoms. The fraction of sp³-hybridized carbons (Fsp3) is 0.562. The molecule has 1 N–H and O–H groups in total. The van der Waals surface area contributed by atoms with Crippen LogP contribution in [0.1, 0.15) is 63.8 Å². The van der Waals surface area contributed by atoms with Crippen LogP contribution in [0.2, 0.25) is 5.02 Å². The number of aromatic amines is 1. The van der Waals surface area contributed by atoms with Crippen molar-refractivity contribution in [1.29, 1.82) is 5.26 Å². The number of aryl methyl sites for hydroxylation is 1. The average Bonchev–Trinajstić information content (AvgIpc) is 3.55. The van der Waals surface area contributed by atoms with Crippen LogP contribution in [0, 0.1) is 30.6 Å². The molecule has 3 aliphatic heterocycles. The van der Waals surface area contributed by atoms with Crippen molar-refractivity contribution in [2.24, 2.45) is 5.41 Å². The van der Waals surface area contributed by atoms with Crippen LogP contribution < -0.4 is 4.90 Å². The number of nitriles is 1. The molecular formula is C32H41ClN8O. The second-order valence-corrected chi connectivity index (χ2v) is 13.8. The van der Waals surface area contributed by atoms with Gasteiger partial charge in [0.05, 0.1) is 34.3 Å². The SMILES string of the molecule is C=CC(=O)N1CCC(n2nc(N3CCC(N4CC(C)(C#N)C4)CC3(C)C)c(-c3c(Cl)c(C)cc4[nH]ncc34)c2C)CC1. The van der Waals surface area contributed by atoms with E-state index in [0.29, 0.717) is 19.1 Å². The van der Waals surface area contributed by atoms with Gasteiger partial charge in [0.2, 0.25) is 5.91 Å². The Hall–Kier alpha value is -3.35. The van der Waals surface area contributed by atoms with Crippen LogP contribution >= 0.6 is 11.6 Å². The zero-order valence-corrected chi connectivity index (χ0v) is 26.1. The Labute approximate surface area is 253 Å². The van der Waals surface area contributed by atoms with E-state index >= 15 is 0 Å². The third-order valence-corrected chi connectivity index (χ3v) is 10.3. The van der Waals surface area contributed by atoms with E-state index in [1.165, 1.54) is 6.08 Å². The quantitative estimate of drug-likeness (QED) is 0.388. The van der Waals surface area contributed by atoms with Gasteiger partial charge in [-0.15, -0.1) is 0 Å². The number of fused-ring (bicyclic) bond motifs is 1. The number of nitrogens with zero attached hydrogens (tertiary/aromatic N) is 7. The molecule has 3 aromatic rings. The van der Waals surface area contributed by atoms with E-state index in [1.54, 1.807) is 0 Å². The number of piperidine rings is 2. The molecule has 5 heterocycles. The number of H-pyrrole nitrogens is 1. The number of benzene rings is 1. The summed E-state index contributed by atoms with van der Waals surface area (Å²) in [6.45, 7) is 18.5. The summed E-state index contributed by atoms with van der Waals surface area (Å²) in [6, 6.07) is 5.17. The Morgan fingerprint density at radius 2 is 1.83 bits per heavy atom. The summed E-state index contributed by atoms with van der Waals surface area (Å²) in [5.41, 5.74) is 4.68. The van der Waals surface area contributed by atoms with Gasteiger partial charge in [-0.05, 0) is 78.0 Å². The third kappa shape index (κ3) is 4.69. The molecule has 0 saturated carbocycles. The van der Waals surface area contributed by atoms with Gasteiger partial charge in [-0.25, -0.2) is 0 Å². The molecular weight excluding hydrogens is 548 g/mol. The highest BCUT2D eigenvalue weighted by Gasteiger charge is 2.47. The van der Waals surface area contributed by atoms with Gasteiger partial charge < -0.3 is 9.80 Å². The topological polar surface area (TPSA) is 97.1 Å². The van der Waals surface area contributed by atoms with Crippen molar-refractivity contribution in [2.75, 3.05) is 37.6 Å². The third-order valence-electron chi connectivity index (χ3n) is 9.84. The van der Waals surface area contributed by atoms with Crippen LogP contribution in [0.15, 0.2) is 24.9 Å². The molecule has 3 aliphatic rings. The first-order valence-electron chi connectivity index (χ1n) is 15.0. The number of hydrogen-bond donors (Lipinski definition) is 1. The number of hydrogen-bond acceptors (Lipinski definition) is 6. The predicted octanol–water partition coefficient (Wildman–Crippen LogP) is 5.64. The molecule has 0 aliphatic carbocycles. The van der Waals surface area contributed by atoms with Crippen molar-refractivity contribution in [1.82, 2.24) is 29.8 Å². The van der Waals surface area contributed by atoms with Crippen molar-refractivity contribution >= 4 is 34.2 Å². The van der Waals surface area contributed by atoms with Gasteiger partial charge >= 0.3 is 0 Å². The summed E-state index contributed by atoms with van der Waals surface area (Å²) in [5.74, 6) is 0.948. The standard InChI is InChI=1S/C32H41ClN8O/c1-7-26(42)38-11-8-22(9-12-38)41-21(3)27(28-24-16-35-36-25(24)14-20(2)29(28)33)30(37-41)40-13-10-23(15-31(40,4)5)39-18-32(6,17-34)19-39/h7,14,16,22-23H,1,8-13,15,18-19H2,2-6H3,(H,35,36). The number of anilines is 1. The Balaban J connectivity index is 1.41. The average molecular weight is 589 g/mol. The highest BCUT2D eigenvalue weighted by Crippen LogP contribution is 2.47. The Morgan fingerprint density at radius 1 is 1.14 bits per heavy atom. The van der Waals surface area contributed by atoms with Crippen LogP contribution in [-0.2, 0) is 4.79 Å². The van der Waals surface area contributed by atoms with Crippen LogP contribution in [0.4, 0.5) is 5.82 Å². The first kappa shape index (κ1) is 28.8. The van der Waals surface area contributed by atoms with Crippen molar-refractivity contribution in [3.8, 4) is 17.2 Å². The predicted molar refractivity (Wildman–Crippen MR) is 167 cm³/mol. The molecule has 0 spiro atoms.